The number of benzene rings is 3. The summed E-state index contributed by atoms with van der Waals surface area (Å²) in [5.41, 5.74) is 2.67. The van der Waals surface area contributed by atoms with Crippen molar-refractivity contribution in [3.63, 3.8) is 0 Å². The van der Waals surface area contributed by atoms with Gasteiger partial charge in [0.15, 0.2) is 0 Å². The Labute approximate surface area is 204 Å². The highest BCUT2D eigenvalue weighted by molar-refractivity contribution is 5.39. The molecule has 176 valence electrons. The molecular formula is C29H26N2O4. The zero-order valence-electron chi connectivity index (χ0n) is 19.2. The third-order valence-electron chi connectivity index (χ3n) is 5.62. The van der Waals surface area contributed by atoms with Crippen molar-refractivity contribution in [3.8, 4) is 11.8 Å². The number of hydrogen-bond acceptors (Lipinski definition) is 5. The van der Waals surface area contributed by atoms with Crippen LogP contribution in [0, 0.1) is 11.3 Å². The van der Waals surface area contributed by atoms with Crippen LogP contribution >= 0.6 is 0 Å². The Morgan fingerprint density at radius 1 is 0.829 bits per heavy atom. The van der Waals surface area contributed by atoms with Crippen molar-refractivity contribution in [3.05, 3.63) is 136 Å². The fraction of sp³-hybridized carbons (Fsp3) is 0.172. The highest BCUT2D eigenvalue weighted by Crippen LogP contribution is 2.27. The van der Waals surface area contributed by atoms with Gasteiger partial charge in [0.25, 0.3) is 5.56 Å². The summed E-state index contributed by atoms with van der Waals surface area (Å²) in [5.74, 6) is 0. The minimum Gasteiger partial charge on any atom is -0.394 e. The van der Waals surface area contributed by atoms with Gasteiger partial charge in [-0.3, -0.25) is 9.36 Å². The summed E-state index contributed by atoms with van der Waals surface area (Å²) in [7, 11) is 0. The van der Waals surface area contributed by atoms with Gasteiger partial charge in [0.05, 0.1) is 19.8 Å². The highest BCUT2D eigenvalue weighted by atomic mass is 16.5. The van der Waals surface area contributed by atoms with Gasteiger partial charge in [-0.25, -0.2) is 0 Å². The smallest absolute Gasteiger partial charge is 0.273 e. The molecule has 0 radical (unpaired) electrons. The SMILES string of the molecule is N#Cc1cc([C@@H](OCc2ccccc2)[C@H](CO)OCc2ccccc2)cn(-c2ccccc2)c1=O. The molecule has 0 aliphatic rings. The minimum absolute atomic E-state index is 0.0144. The Hall–Kier alpha value is -4.02. The van der Waals surface area contributed by atoms with Crippen molar-refractivity contribution in [2.24, 2.45) is 0 Å². The van der Waals surface area contributed by atoms with Gasteiger partial charge in [0, 0.05) is 17.4 Å². The highest BCUT2D eigenvalue weighted by Gasteiger charge is 2.27. The summed E-state index contributed by atoms with van der Waals surface area (Å²) in [6.07, 6.45) is 0.196. The molecule has 0 fully saturated rings. The second-order valence-electron chi connectivity index (χ2n) is 8.04. The Morgan fingerprint density at radius 2 is 1.37 bits per heavy atom. The van der Waals surface area contributed by atoms with E-state index in [0.717, 1.165) is 11.1 Å². The lowest BCUT2D eigenvalue weighted by Gasteiger charge is -2.27. The molecule has 6 nitrogen and oxygen atoms in total. The molecule has 35 heavy (non-hydrogen) atoms. The minimum atomic E-state index is -0.730. The number of para-hydroxylation sites is 1. The number of rotatable bonds is 10. The second-order valence-corrected chi connectivity index (χ2v) is 8.04. The average molecular weight is 467 g/mol. The molecule has 3 aromatic carbocycles. The van der Waals surface area contributed by atoms with Crippen molar-refractivity contribution in [1.82, 2.24) is 4.57 Å². The lowest BCUT2D eigenvalue weighted by atomic mass is 10.0. The first-order valence-corrected chi connectivity index (χ1v) is 11.3. The normalized spacial score (nSPS) is 12.6. The van der Waals surface area contributed by atoms with Crippen LogP contribution in [-0.4, -0.2) is 22.4 Å². The maximum Gasteiger partial charge on any atom is 0.273 e. The average Bonchev–Trinajstić information content (AvgIpc) is 2.92. The number of nitrogens with zero attached hydrogens (tertiary/aromatic N) is 2. The van der Waals surface area contributed by atoms with E-state index in [0.29, 0.717) is 11.3 Å². The van der Waals surface area contributed by atoms with Crippen LogP contribution in [0.2, 0.25) is 0 Å². The van der Waals surface area contributed by atoms with E-state index in [4.69, 9.17) is 9.47 Å². The number of hydrogen-bond donors (Lipinski definition) is 1. The van der Waals surface area contributed by atoms with Crippen LogP contribution in [-0.2, 0) is 22.7 Å². The van der Waals surface area contributed by atoms with Crippen LogP contribution in [0.3, 0.4) is 0 Å². The molecule has 1 aromatic heterocycles. The molecule has 1 N–H and O–H groups in total. The van der Waals surface area contributed by atoms with Gasteiger partial charge in [-0.15, -0.1) is 0 Å². The van der Waals surface area contributed by atoms with Gasteiger partial charge in [-0.1, -0.05) is 78.9 Å². The Kier molecular flexibility index (Phi) is 8.21. The van der Waals surface area contributed by atoms with E-state index in [9.17, 15) is 15.2 Å². The first kappa shape index (κ1) is 24.1. The molecule has 0 unspecified atom stereocenters. The van der Waals surface area contributed by atoms with Crippen molar-refractivity contribution < 1.29 is 14.6 Å². The Bertz CT molecular complexity index is 1320. The van der Waals surface area contributed by atoms with Crippen molar-refractivity contribution in [1.29, 1.82) is 5.26 Å². The number of pyridine rings is 1. The van der Waals surface area contributed by atoms with Gasteiger partial charge in [0.1, 0.15) is 23.8 Å². The lowest BCUT2D eigenvalue weighted by Crippen LogP contribution is -2.30. The standard InChI is InChI=1S/C29H26N2O4/c30-17-24-16-25(18-31(29(24)33)26-14-8-3-9-15-26)28(35-21-23-12-6-2-7-13-23)27(19-32)34-20-22-10-4-1-5-11-22/h1-16,18,27-28,32H,19-21H2/t27-,28+/m0/s1. The quantitative estimate of drug-likeness (QED) is 0.371. The zero-order valence-corrected chi connectivity index (χ0v) is 19.2. The van der Waals surface area contributed by atoms with Crippen LogP contribution in [0.4, 0.5) is 0 Å². The molecule has 0 bridgehead atoms. The summed E-state index contributed by atoms with van der Waals surface area (Å²) >= 11 is 0. The third kappa shape index (κ3) is 6.11. The van der Waals surface area contributed by atoms with Crippen molar-refractivity contribution in [2.75, 3.05) is 6.61 Å². The molecule has 0 amide bonds. The summed E-state index contributed by atoms with van der Waals surface area (Å²) in [6, 6.07) is 31.9. The number of aromatic nitrogens is 1. The van der Waals surface area contributed by atoms with E-state index in [1.165, 1.54) is 10.6 Å². The van der Waals surface area contributed by atoms with Gasteiger partial charge < -0.3 is 14.6 Å². The van der Waals surface area contributed by atoms with Gasteiger partial charge in [-0.05, 0) is 29.3 Å². The molecule has 0 saturated carbocycles. The predicted octanol–water partition coefficient (Wildman–Crippen LogP) is 4.54. The Balaban J connectivity index is 1.71. The van der Waals surface area contributed by atoms with Crippen LogP contribution in [0.5, 0.6) is 0 Å². The first-order chi connectivity index (χ1) is 17.2. The maximum atomic E-state index is 12.9. The molecular weight excluding hydrogens is 440 g/mol. The van der Waals surface area contributed by atoms with Crippen LogP contribution in [0.15, 0.2) is 108 Å². The molecule has 0 aliphatic carbocycles. The van der Waals surface area contributed by atoms with Crippen LogP contribution in [0.25, 0.3) is 5.69 Å². The van der Waals surface area contributed by atoms with E-state index >= 15 is 0 Å². The van der Waals surface area contributed by atoms with E-state index in [2.05, 4.69) is 0 Å². The lowest BCUT2D eigenvalue weighted by molar-refractivity contribution is -0.106. The fourth-order valence-corrected chi connectivity index (χ4v) is 3.81. The predicted molar refractivity (Wildman–Crippen MR) is 133 cm³/mol. The monoisotopic (exact) mass is 466 g/mol. The molecule has 1 heterocycles. The van der Waals surface area contributed by atoms with E-state index in [-0.39, 0.29) is 25.4 Å². The van der Waals surface area contributed by atoms with E-state index in [1.54, 1.807) is 18.3 Å². The van der Waals surface area contributed by atoms with Crippen LogP contribution < -0.4 is 5.56 Å². The summed E-state index contributed by atoms with van der Waals surface area (Å²) < 4.78 is 13.8. The number of nitriles is 1. The largest absolute Gasteiger partial charge is 0.394 e. The van der Waals surface area contributed by atoms with Crippen LogP contribution in [0.1, 0.15) is 28.4 Å². The first-order valence-electron chi connectivity index (χ1n) is 11.3. The molecule has 4 rings (SSSR count). The van der Waals surface area contributed by atoms with E-state index in [1.807, 2.05) is 84.9 Å². The van der Waals surface area contributed by atoms with Gasteiger partial charge in [0.2, 0.25) is 0 Å². The van der Waals surface area contributed by atoms with Crippen molar-refractivity contribution >= 4 is 0 Å². The fourth-order valence-electron chi connectivity index (χ4n) is 3.81. The summed E-state index contributed by atoms with van der Waals surface area (Å²) in [6.45, 7) is 0.238. The molecule has 6 heteroatoms. The zero-order chi connectivity index (χ0) is 24.5. The van der Waals surface area contributed by atoms with Gasteiger partial charge in [-0.2, -0.15) is 5.26 Å². The molecule has 0 saturated heterocycles. The van der Waals surface area contributed by atoms with Crippen molar-refractivity contribution in [2.45, 2.75) is 25.4 Å². The number of aliphatic hydroxyl groups excluding tert-OH is 1. The molecule has 0 aliphatic heterocycles. The second kappa shape index (κ2) is 11.9. The Morgan fingerprint density at radius 3 is 1.91 bits per heavy atom. The molecule has 2 atom stereocenters. The van der Waals surface area contributed by atoms with E-state index < -0.39 is 17.8 Å². The number of ether oxygens (including phenoxy) is 2. The third-order valence-corrected chi connectivity index (χ3v) is 5.62. The molecule has 0 spiro atoms. The topological polar surface area (TPSA) is 84.5 Å². The van der Waals surface area contributed by atoms with Gasteiger partial charge >= 0.3 is 0 Å². The molecule has 4 aromatic rings. The summed E-state index contributed by atoms with van der Waals surface area (Å²) in [4.78, 5) is 12.9. The summed E-state index contributed by atoms with van der Waals surface area (Å²) in [5, 5.41) is 19.9. The maximum absolute atomic E-state index is 12.9. The number of aliphatic hydroxyl groups is 1.